The molecule has 1 heterocycles. The number of nitriles is 1. The lowest BCUT2D eigenvalue weighted by Gasteiger charge is -2.13. The highest BCUT2D eigenvalue weighted by atomic mass is 16.1. The zero-order chi connectivity index (χ0) is 19.5. The van der Waals surface area contributed by atoms with E-state index in [-0.39, 0.29) is 11.7 Å². The van der Waals surface area contributed by atoms with Crippen LogP contribution in [0.25, 0.3) is 0 Å². The number of aromatic amines is 1. The average Bonchev–Trinajstić information content (AvgIpc) is 3.12. The van der Waals surface area contributed by atoms with Crippen LogP contribution in [0.2, 0.25) is 0 Å². The van der Waals surface area contributed by atoms with Gasteiger partial charge in [-0.15, -0.1) is 0 Å². The number of aromatic nitrogens is 2. The van der Waals surface area contributed by atoms with Gasteiger partial charge in [0.15, 0.2) is 5.78 Å². The van der Waals surface area contributed by atoms with E-state index in [1.807, 2.05) is 30.3 Å². The number of fused-ring (bicyclic) bond motifs is 1. The van der Waals surface area contributed by atoms with Crippen molar-refractivity contribution in [1.29, 1.82) is 5.26 Å². The fourth-order valence-electron chi connectivity index (χ4n) is 3.62. The Bertz CT molecular complexity index is 1110. The molecule has 28 heavy (non-hydrogen) atoms. The summed E-state index contributed by atoms with van der Waals surface area (Å²) in [6.45, 7) is 0. The second-order valence-electron chi connectivity index (χ2n) is 6.83. The minimum absolute atomic E-state index is 0.0279. The predicted octanol–water partition coefficient (Wildman–Crippen LogP) is 3.69. The maximum Gasteiger partial charge on any atom is 0.347 e. The molecule has 0 fully saturated rings. The number of Topliss-reactive ketones (excluding diaryl/α,β-unsaturated/α-hetero) is 1. The van der Waals surface area contributed by atoms with E-state index in [0.29, 0.717) is 23.4 Å². The smallest absolute Gasteiger partial charge is 0.340 e. The van der Waals surface area contributed by atoms with Gasteiger partial charge in [-0.2, -0.15) is 10.2 Å². The summed E-state index contributed by atoms with van der Waals surface area (Å²) in [5.41, 5.74) is 3.30. The Morgan fingerprint density at radius 2 is 1.93 bits per heavy atom. The summed E-state index contributed by atoms with van der Waals surface area (Å²) in [5.74, 6) is 0.552. The van der Waals surface area contributed by atoms with E-state index in [4.69, 9.17) is 5.26 Å². The number of hydrogen-bond acceptors (Lipinski definition) is 5. The Morgan fingerprint density at radius 3 is 2.64 bits per heavy atom. The Balaban J connectivity index is 1.59. The summed E-state index contributed by atoms with van der Waals surface area (Å²) in [6.07, 6.45) is 1.88. The van der Waals surface area contributed by atoms with Crippen molar-refractivity contribution >= 4 is 17.3 Å². The van der Waals surface area contributed by atoms with Crippen LogP contribution in [0.15, 0.2) is 59.4 Å². The van der Waals surface area contributed by atoms with Gasteiger partial charge in [0.1, 0.15) is 5.82 Å². The van der Waals surface area contributed by atoms with Gasteiger partial charge < -0.3 is 10.3 Å². The van der Waals surface area contributed by atoms with Gasteiger partial charge in [-0.1, -0.05) is 30.3 Å². The molecule has 1 atom stereocenters. The van der Waals surface area contributed by atoms with Crippen molar-refractivity contribution in [1.82, 2.24) is 9.97 Å². The van der Waals surface area contributed by atoms with Crippen molar-refractivity contribution in [3.63, 3.8) is 0 Å². The van der Waals surface area contributed by atoms with E-state index in [1.54, 1.807) is 24.3 Å². The molecule has 6 heteroatoms. The van der Waals surface area contributed by atoms with Gasteiger partial charge in [0, 0.05) is 34.8 Å². The molecule has 6 nitrogen and oxygen atoms in total. The number of benzene rings is 2. The van der Waals surface area contributed by atoms with Crippen LogP contribution in [0, 0.1) is 11.3 Å². The molecule has 0 amide bonds. The standard InChI is InChI=1S/C22H18N4O2/c23-13-14-6-9-17(10-7-14)24-21-18-11-8-16(20(18)25-22(28)26-21)12-19(27)15-4-2-1-3-5-15/h1-7,9-10,16H,8,11-12H2,(H2,24,25,26,28). The fraction of sp³-hybridized carbons (Fsp3) is 0.182. The zero-order valence-electron chi connectivity index (χ0n) is 15.1. The molecule has 1 aliphatic carbocycles. The van der Waals surface area contributed by atoms with Gasteiger partial charge >= 0.3 is 5.69 Å². The quantitative estimate of drug-likeness (QED) is 0.668. The molecule has 0 saturated heterocycles. The van der Waals surface area contributed by atoms with Crippen LogP contribution in [-0.4, -0.2) is 15.8 Å². The first kappa shape index (κ1) is 17.7. The number of hydrogen-bond donors (Lipinski definition) is 2. The van der Waals surface area contributed by atoms with Crippen LogP contribution < -0.4 is 11.0 Å². The molecule has 0 aliphatic heterocycles. The van der Waals surface area contributed by atoms with Crippen LogP contribution >= 0.6 is 0 Å². The van der Waals surface area contributed by atoms with E-state index < -0.39 is 5.69 Å². The summed E-state index contributed by atoms with van der Waals surface area (Å²) in [5, 5.41) is 12.1. The first-order valence-corrected chi connectivity index (χ1v) is 9.12. The number of carbonyl (C=O) groups is 1. The van der Waals surface area contributed by atoms with Crippen molar-refractivity contribution in [2.45, 2.75) is 25.2 Å². The molecule has 1 unspecified atom stereocenters. The van der Waals surface area contributed by atoms with Crippen LogP contribution in [-0.2, 0) is 6.42 Å². The summed E-state index contributed by atoms with van der Waals surface area (Å²) >= 11 is 0. The second kappa shape index (κ2) is 7.49. The van der Waals surface area contributed by atoms with Crippen molar-refractivity contribution in [2.24, 2.45) is 0 Å². The minimum atomic E-state index is -0.436. The minimum Gasteiger partial charge on any atom is -0.340 e. The van der Waals surface area contributed by atoms with Crippen molar-refractivity contribution < 1.29 is 4.79 Å². The molecule has 138 valence electrons. The molecule has 1 aromatic heterocycles. The number of ketones is 1. The van der Waals surface area contributed by atoms with Crippen molar-refractivity contribution in [2.75, 3.05) is 5.32 Å². The van der Waals surface area contributed by atoms with Gasteiger partial charge in [-0.3, -0.25) is 4.79 Å². The van der Waals surface area contributed by atoms with Crippen LogP contribution in [0.3, 0.4) is 0 Å². The van der Waals surface area contributed by atoms with Gasteiger partial charge in [0.25, 0.3) is 0 Å². The average molecular weight is 370 g/mol. The highest BCUT2D eigenvalue weighted by Gasteiger charge is 2.29. The first-order valence-electron chi connectivity index (χ1n) is 9.12. The second-order valence-corrected chi connectivity index (χ2v) is 6.83. The summed E-state index contributed by atoms with van der Waals surface area (Å²) in [4.78, 5) is 31.6. The van der Waals surface area contributed by atoms with Gasteiger partial charge in [-0.25, -0.2) is 4.79 Å². The molecule has 4 rings (SSSR count). The normalized spacial score (nSPS) is 14.9. The van der Waals surface area contributed by atoms with Gasteiger partial charge in [0.05, 0.1) is 11.6 Å². The Kier molecular flexibility index (Phi) is 4.73. The molecule has 3 aromatic rings. The maximum absolute atomic E-state index is 12.6. The SMILES string of the molecule is N#Cc1ccc(Nc2nc(=O)[nH]c3c2CCC3CC(=O)c2ccccc2)cc1. The zero-order valence-corrected chi connectivity index (χ0v) is 15.1. The largest absolute Gasteiger partial charge is 0.347 e. The molecule has 0 spiro atoms. The predicted molar refractivity (Wildman–Crippen MR) is 106 cm³/mol. The lowest BCUT2D eigenvalue weighted by Crippen LogP contribution is -2.18. The molecule has 0 saturated carbocycles. The Morgan fingerprint density at radius 1 is 1.18 bits per heavy atom. The summed E-state index contributed by atoms with van der Waals surface area (Å²) in [6, 6.07) is 18.2. The molecule has 0 radical (unpaired) electrons. The van der Waals surface area contributed by atoms with Gasteiger partial charge in [0.2, 0.25) is 0 Å². The number of rotatable bonds is 5. The third kappa shape index (κ3) is 3.55. The lowest BCUT2D eigenvalue weighted by molar-refractivity contribution is 0.0973. The van der Waals surface area contributed by atoms with Crippen LogP contribution in [0.5, 0.6) is 0 Å². The number of carbonyl (C=O) groups excluding carboxylic acids is 1. The highest BCUT2D eigenvalue weighted by molar-refractivity contribution is 5.96. The molecule has 2 aromatic carbocycles. The monoisotopic (exact) mass is 370 g/mol. The van der Waals surface area contributed by atoms with Gasteiger partial charge in [-0.05, 0) is 37.1 Å². The fourth-order valence-corrected chi connectivity index (χ4v) is 3.62. The van der Waals surface area contributed by atoms with E-state index in [2.05, 4.69) is 21.4 Å². The molecular weight excluding hydrogens is 352 g/mol. The van der Waals surface area contributed by atoms with Crippen LogP contribution in [0.4, 0.5) is 11.5 Å². The van der Waals surface area contributed by atoms with Crippen molar-refractivity contribution in [3.05, 3.63) is 87.5 Å². The Labute approximate surface area is 161 Å². The maximum atomic E-state index is 12.6. The van der Waals surface area contributed by atoms with E-state index in [0.717, 1.165) is 29.8 Å². The topological polar surface area (TPSA) is 98.6 Å². The first-order chi connectivity index (χ1) is 13.6. The molecule has 0 bridgehead atoms. The van der Waals surface area contributed by atoms with E-state index >= 15 is 0 Å². The van der Waals surface area contributed by atoms with E-state index in [9.17, 15) is 9.59 Å². The summed E-state index contributed by atoms with van der Waals surface area (Å²) in [7, 11) is 0. The number of anilines is 2. The summed E-state index contributed by atoms with van der Waals surface area (Å²) < 4.78 is 0. The molecular formula is C22H18N4O2. The molecule has 1 aliphatic rings. The Hall–Kier alpha value is -3.72. The lowest BCUT2D eigenvalue weighted by atomic mass is 9.96. The third-order valence-corrected chi connectivity index (χ3v) is 5.02. The van der Waals surface area contributed by atoms with Crippen molar-refractivity contribution in [3.8, 4) is 6.07 Å². The van der Waals surface area contributed by atoms with E-state index in [1.165, 1.54) is 0 Å². The number of H-pyrrole nitrogens is 1. The van der Waals surface area contributed by atoms with Crippen LogP contribution in [0.1, 0.15) is 45.9 Å². The number of nitrogens with zero attached hydrogens (tertiary/aromatic N) is 2. The third-order valence-electron chi connectivity index (χ3n) is 5.02. The number of nitrogens with one attached hydrogen (secondary N) is 2. The molecule has 2 N–H and O–H groups in total. The highest BCUT2D eigenvalue weighted by Crippen LogP contribution is 2.37.